The van der Waals surface area contributed by atoms with E-state index in [4.69, 9.17) is 15.3 Å². The summed E-state index contributed by atoms with van der Waals surface area (Å²) >= 11 is 0.928. The van der Waals surface area contributed by atoms with Gasteiger partial charge in [0.25, 0.3) is 10.0 Å². The third-order valence-corrected chi connectivity index (χ3v) is 5.78. The molecule has 0 radical (unpaired) electrons. The zero-order valence-electron chi connectivity index (χ0n) is 9.24. The number of hydrogen-bond donors (Lipinski definition) is 0. The summed E-state index contributed by atoms with van der Waals surface area (Å²) in [5.74, 6) is 0. The number of nitriles is 2. The predicted molar refractivity (Wildman–Crippen MR) is 63.1 cm³/mol. The molecule has 1 unspecified atom stereocenters. The molecule has 1 aromatic heterocycles. The molecule has 0 saturated carbocycles. The highest BCUT2D eigenvalue weighted by atomic mass is 32.2. The molecule has 0 spiro atoms. The molecular weight excluding hydrogens is 274 g/mol. The molecule has 8 heteroatoms. The number of nitrogens with zero attached hydrogens (tertiary/aromatic N) is 3. The molecule has 18 heavy (non-hydrogen) atoms. The summed E-state index contributed by atoms with van der Waals surface area (Å²) in [6.45, 7) is 0.451. The summed E-state index contributed by atoms with van der Waals surface area (Å²) in [5, 5.41) is 17.4. The van der Waals surface area contributed by atoms with Crippen LogP contribution in [-0.4, -0.2) is 38.5 Å². The maximum absolute atomic E-state index is 12.2. The summed E-state index contributed by atoms with van der Waals surface area (Å²) in [4.78, 5) is 0.346. The fourth-order valence-electron chi connectivity index (χ4n) is 1.57. The Morgan fingerprint density at radius 3 is 2.83 bits per heavy atom. The largest absolute Gasteiger partial charge is 0.361 e. The van der Waals surface area contributed by atoms with E-state index in [-0.39, 0.29) is 23.9 Å². The van der Waals surface area contributed by atoms with Crippen LogP contribution in [0.5, 0.6) is 0 Å². The van der Waals surface area contributed by atoms with Crippen LogP contribution in [-0.2, 0) is 14.8 Å². The first kappa shape index (κ1) is 13.0. The van der Waals surface area contributed by atoms with Crippen LogP contribution in [0.25, 0.3) is 0 Å². The lowest BCUT2D eigenvalue weighted by atomic mass is 10.3. The second-order valence-electron chi connectivity index (χ2n) is 3.58. The molecule has 2 heterocycles. The number of morpholine rings is 1. The fraction of sp³-hybridized carbons (Fsp3) is 0.400. The highest BCUT2D eigenvalue weighted by Crippen LogP contribution is 2.25. The highest BCUT2D eigenvalue weighted by Gasteiger charge is 2.31. The lowest BCUT2D eigenvalue weighted by Crippen LogP contribution is -2.44. The van der Waals surface area contributed by atoms with Crippen molar-refractivity contribution in [3.05, 3.63) is 17.0 Å². The molecule has 1 aliphatic heterocycles. The van der Waals surface area contributed by atoms with Gasteiger partial charge >= 0.3 is 0 Å². The number of rotatable bonds is 2. The van der Waals surface area contributed by atoms with Crippen LogP contribution in [0.15, 0.2) is 16.3 Å². The van der Waals surface area contributed by atoms with Gasteiger partial charge in [0.1, 0.15) is 15.2 Å². The quantitative estimate of drug-likeness (QED) is 0.789. The molecule has 6 nitrogen and oxygen atoms in total. The first-order valence-corrected chi connectivity index (χ1v) is 7.35. The number of sulfonamides is 1. The van der Waals surface area contributed by atoms with Gasteiger partial charge in [0.15, 0.2) is 6.10 Å². The van der Waals surface area contributed by atoms with Gasteiger partial charge in [-0.15, -0.1) is 11.3 Å². The van der Waals surface area contributed by atoms with E-state index in [9.17, 15) is 8.42 Å². The Balaban J connectivity index is 2.26. The molecule has 1 saturated heterocycles. The molecule has 1 fully saturated rings. The van der Waals surface area contributed by atoms with Crippen LogP contribution < -0.4 is 0 Å². The Hall–Kier alpha value is -1.45. The summed E-state index contributed by atoms with van der Waals surface area (Å²) in [6.07, 6.45) is -0.732. The molecule has 0 amide bonds. The Morgan fingerprint density at radius 1 is 1.44 bits per heavy atom. The molecule has 2 rings (SSSR count). The van der Waals surface area contributed by atoms with E-state index in [1.54, 1.807) is 0 Å². The zero-order valence-corrected chi connectivity index (χ0v) is 10.9. The normalized spacial score (nSPS) is 21.1. The molecule has 0 N–H and O–H groups in total. The van der Waals surface area contributed by atoms with Crippen molar-refractivity contribution in [3.63, 3.8) is 0 Å². The van der Waals surface area contributed by atoms with Crippen molar-refractivity contribution in [2.45, 2.75) is 10.3 Å². The molecule has 0 aromatic carbocycles. The second kappa shape index (κ2) is 5.04. The van der Waals surface area contributed by atoms with Gasteiger partial charge < -0.3 is 4.74 Å². The van der Waals surface area contributed by atoms with E-state index in [2.05, 4.69) is 0 Å². The average molecular weight is 283 g/mol. The monoisotopic (exact) mass is 283 g/mol. The van der Waals surface area contributed by atoms with E-state index in [1.807, 2.05) is 12.1 Å². The number of ether oxygens (including phenoxy) is 1. The summed E-state index contributed by atoms with van der Waals surface area (Å²) in [7, 11) is -3.62. The Kier molecular flexibility index (Phi) is 3.64. The third-order valence-electron chi connectivity index (χ3n) is 2.46. The first-order chi connectivity index (χ1) is 8.57. The van der Waals surface area contributed by atoms with Crippen molar-refractivity contribution < 1.29 is 13.2 Å². The Labute approximate surface area is 109 Å². The molecule has 1 atom stereocenters. The van der Waals surface area contributed by atoms with Crippen LogP contribution in [0.1, 0.15) is 4.88 Å². The molecule has 0 aliphatic carbocycles. The van der Waals surface area contributed by atoms with Gasteiger partial charge in [0.2, 0.25) is 0 Å². The summed E-state index contributed by atoms with van der Waals surface area (Å²) in [5.41, 5.74) is 0. The van der Waals surface area contributed by atoms with Gasteiger partial charge in [-0.25, -0.2) is 8.42 Å². The summed E-state index contributed by atoms with van der Waals surface area (Å²) < 4.78 is 30.9. The van der Waals surface area contributed by atoms with E-state index in [0.29, 0.717) is 4.88 Å². The van der Waals surface area contributed by atoms with Crippen molar-refractivity contribution in [2.24, 2.45) is 0 Å². The van der Waals surface area contributed by atoms with Crippen LogP contribution in [0, 0.1) is 22.7 Å². The zero-order chi connectivity index (χ0) is 13.2. The van der Waals surface area contributed by atoms with E-state index in [0.717, 1.165) is 11.3 Å². The van der Waals surface area contributed by atoms with Gasteiger partial charge in [-0.05, 0) is 12.1 Å². The molecule has 0 bridgehead atoms. The van der Waals surface area contributed by atoms with Crippen molar-refractivity contribution in [1.82, 2.24) is 4.31 Å². The van der Waals surface area contributed by atoms with Crippen LogP contribution >= 0.6 is 11.3 Å². The van der Waals surface area contributed by atoms with Crippen molar-refractivity contribution in [1.29, 1.82) is 10.5 Å². The van der Waals surface area contributed by atoms with Crippen LogP contribution in [0.4, 0.5) is 0 Å². The van der Waals surface area contributed by atoms with E-state index < -0.39 is 16.1 Å². The second-order valence-corrected chi connectivity index (χ2v) is 6.83. The number of hydrogen-bond acceptors (Lipinski definition) is 6. The lowest BCUT2D eigenvalue weighted by Gasteiger charge is -2.28. The number of thiophene rings is 1. The molecular formula is C10H9N3O3S2. The Bertz CT molecular complexity index is 624. The van der Waals surface area contributed by atoms with Crippen LogP contribution in [0.3, 0.4) is 0 Å². The van der Waals surface area contributed by atoms with Crippen molar-refractivity contribution >= 4 is 21.4 Å². The average Bonchev–Trinajstić information content (AvgIpc) is 2.88. The van der Waals surface area contributed by atoms with Crippen molar-refractivity contribution in [2.75, 3.05) is 19.7 Å². The first-order valence-electron chi connectivity index (χ1n) is 5.09. The smallest absolute Gasteiger partial charge is 0.252 e. The van der Waals surface area contributed by atoms with Crippen molar-refractivity contribution in [3.8, 4) is 12.1 Å². The fourth-order valence-corrected chi connectivity index (χ4v) is 4.25. The van der Waals surface area contributed by atoms with Gasteiger partial charge in [-0.3, -0.25) is 0 Å². The molecule has 1 aliphatic rings. The lowest BCUT2D eigenvalue weighted by molar-refractivity contribution is 0.0312. The minimum atomic E-state index is -3.62. The van der Waals surface area contributed by atoms with Gasteiger partial charge in [-0.2, -0.15) is 14.8 Å². The molecule has 1 aromatic rings. The maximum atomic E-state index is 12.2. The van der Waals surface area contributed by atoms with E-state index >= 15 is 0 Å². The van der Waals surface area contributed by atoms with Crippen LogP contribution in [0.2, 0.25) is 0 Å². The standard InChI is InChI=1S/C10H9N3O3S2/c11-5-8-7-13(3-4-16-8)18(14,15)10-2-1-9(6-12)17-10/h1-2,8H,3-4,7H2. The predicted octanol–water partition coefficient (Wildman–Crippen LogP) is 0.533. The summed E-state index contributed by atoms with van der Waals surface area (Å²) in [6, 6.07) is 6.68. The third kappa shape index (κ3) is 2.37. The van der Waals surface area contributed by atoms with Gasteiger partial charge in [-0.1, -0.05) is 0 Å². The minimum absolute atomic E-state index is 0.0264. The topological polar surface area (TPSA) is 94.2 Å². The maximum Gasteiger partial charge on any atom is 0.252 e. The van der Waals surface area contributed by atoms with E-state index in [1.165, 1.54) is 16.4 Å². The molecule has 94 valence electrons. The SMILES string of the molecule is N#Cc1ccc(S(=O)(=O)N2CCOC(C#N)C2)s1. The Morgan fingerprint density at radius 2 is 2.22 bits per heavy atom. The minimum Gasteiger partial charge on any atom is -0.361 e. The van der Waals surface area contributed by atoms with Gasteiger partial charge in [0, 0.05) is 6.54 Å². The highest BCUT2D eigenvalue weighted by molar-refractivity contribution is 7.91. The van der Waals surface area contributed by atoms with Gasteiger partial charge in [0.05, 0.1) is 19.2 Å².